The van der Waals surface area contributed by atoms with Gasteiger partial charge in [-0.1, -0.05) is 211 Å². The van der Waals surface area contributed by atoms with Crippen LogP contribution in [0, 0.1) is 0 Å². The van der Waals surface area contributed by atoms with Crippen LogP contribution < -0.4 is 5.32 Å². The van der Waals surface area contributed by atoms with Gasteiger partial charge in [0.2, 0.25) is 5.91 Å². The quantitative estimate of drug-likeness (QED) is 0.0196. The number of ether oxygens (including phenoxy) is 3. The first kappa shape index (κ1) is 64.9. The minimum atomic E-state index is -1.62. The maximum Gasteiger partial charge on any atom is 0.306 e. The monoisotopic (exact) mass is 978 g/mol. The van der Waals surface area contributed by atoms with Gasteiger partial charge in [-0.25, -0.2) is 0 Å². The number of rotatable bonds is 48. The molecule has 0 saturated carbocycles. The van der Waals surface area contributed by atoms with E-state index in [1.165, 1.54) is 135 Å². The number of unbranched alkanes of at least 4 members (excludes halogenated alkanes) is 30. The Bertz CT molecular complexity index is 1260. The average molecular weight is 978 g/mol. The smallest absolute Gasteiger partial charge is 0.306 e. The summed E-state index contributed by atoms with van der Waals surface area (Å²) in [5.74, 6) is -1.21. The Morgan fingerprint density at radius 3 is 1.42 bits per heavy atom. The molecule has 404 valence electrons. The maximum atomic E-state index is 13.4. The molecule has 1 heterocycles. The molecule has 11 nitrogen and oxygen atoms in total. The standard InChI is InChI=1S/C58H107NO10/c1-4-7-10-13-16-19-22-25-28-30-33-36-39-42-45-51(62)57(66)59-49(50(61)44-41-38-35-32-29-26-23-20-17-14-11-8-5-2)48-67-58-56(55(65)54(64)52(47-60)68-58)69-53(63)46-43-40-37-34-31-27-24-21-18-15-12-9-6-3/h19,22,27,31,41,44,49-52,54-56,58,60-62,64-65H,4-18,20-21,23-26,28-30,32-40,42-43,45-48H2,1-3H3,(H,59,66)/b22-19-,31-27-,44-41+. The van der Waals surface area contributed by atoms with E-state index in [-0.39, 0.29) is 19.4 Å². The molecule has 0 aromatic carbocycles. The molecule has 0 aromatic heterocycles. The predicted octanol–water partition coefficient (Wildman–Crippen LogP) is 12.7. The highest BCUT2D eigenvalue weighted by atomic mass is 16.7. The summed E-state index contributed by atoms with van der Waals surface area (Å²) in [5.41, 5.74) is 0. The molecule has 1 aliphatic heterocycles. The van der Waals surface area contributed by atoms with E-state index in [0.29, 0.717) is 12.8 Å². The molecule has 0 spiro atoms. The number of aliphatic hydroxyl groups is 5. The van der Waals surface area contributed by atoms with Gasteiger partial charge in [-0.15, -0.1) is 0 Å². The molecule has 1 amide bonds. The summed E-state index contributed by atoms with van der Waals surface area (Å²) in [4.78, 5) is 26.4. The van der Waals surface area contributed by atoms with Crippen LogP contribution in [0.15, 0.2) is 36.5 Å². The third-order valence-electron chi connectivity index (χ3n) is 13.5. The van der Waals surface area contributed by atoms with Gasteiger partial charge >= 0.3 is 5.97 Å². The van der Waals surface area contributed by atoms with Crippen LogP contribution in [0.4, 0.5) is 0 Å². The number of amides is 1. The Balaban J connectivity index is 2.76. The molecule has 8 unspecified atom stereocenters. The SMILES string of the molecule is CCCCCC/C=C\CCCCCCCCC(O)C(=O)NC(COC1OC(CO)C(O)C(O)C1OC(=O)CCCCC/C=C\CCCCCCCC)C(O)/C=C/CCCCCCCCCCCCC. The van der Waals surface area contributed by atoms with Gasteiger partial charge in [0.25, 0.3) is 0 Å². The molecule has 8 atom stereocenters. The number of carbonyl (C=O) groups excluding carboxylic acids is 2. The van der Waals surface area contributed by atoms with Crippen LogP contribution in [0.3, 0.4) is 0 Å². The number of hydrogen-bond donors (Lipinski definition) is 6. The van der Waals surface area contributed by atoms with Crippen LogP contribution in [-0.2, 0) is 23.8 Å². The molecular weight excluding hydrogens is 871 g/mol. The van der Waals surface area contributed by atoms with Crippen molar-refractivity contribution in [3.8, 4) is 0 Å². The maximum absolute atomic E-state index is 13.4. The summed E-state index contributed by atoms with van der Waals surface area (Å²) in [6.45, 7) is 5.75. The second-order valence-corrected chi connectivity index (χ2v) is 20.0. The van der Waals surface area contributed by atoms with Crippen molar-refractivity contribution in [3.05, 3.63) is 36.5 Å². The van der Waals surface area contributed by atoms with Gasteiger partial charge in [0.05, 0.1) is 25.4 Å². The lowest BCUT2D eigenvalue weighted by Crippen LogP contribution is -2.61. The average Bonchev–Trinajstić information content (AvgIpc) is 3.34. The van der Waals surface area contributed by atoms with Crippen molar-refractivity contribution in [2.75, 3.05) is 13.2 Å². The van der Waals surface area contributed by atoms with E-state index in [1.54, 1.807) is 6.08 Å². The van der Waals surface area contributed by atoms with Crippen molar-refractivity contribution in [3.63, 3.8) is 0 Å². The second-order valence-electron chi connectivity index (χ2n) is 20.0. The van der Waals surface area contributed by atoms with Crippen LogP contribution >= 0.6 is 0 Å². The van der Waals surface area contributed by atoms with Gasteiger partial charge in [-0.2, -0.15) is 0 Å². The fourth-order valence-electron chi connectivity index (χ4n) is 8.88. The number of allylic oxidation sites excluding steroid dienone is 5. The van der Waals surface area contributed by atoms with Crippen LogP contribution in [0.5, 0.6) is 0 Å². The normalized spacial score (nSPS) is 20.0. The minimum absolute atomic E-state index is 0.104. The molecule has 0 radical (unpaired) electrons. The first-order chi connectivity index (χ1) is 33.7. The summed E-state index contributed by atoms with van der Waals surface area (Å²) < 4.78 is 17.5. The summed E-state index contributed by atoms with van der Waals surface area (Å²) in [6, 6.07) is -1.03. The zero-order chi connectivity index (χ0) is 50.4. The van der Waals surface area contributed by atoms with Crippen LogP contribution in [-0.4, -0.2) is 99.6 Å². The molecule has 0 aromatic rings. The van der Waals surface area contributed by atoms with Gasteiger partial charge in [0.15, 0.2) is 12.4 Å². The number of carbonyl (C=O) groups is 2. The third kappa shape index (κ3) is 35.6. The molecule has 0 bridgehead atoms. The number of nitrogens with one attached hydrogen (secondary N) is 1. The molecule has 1 rings (SSSR count). The van der Waals surface area contributed by atoms with Crippen molar-refractivity contribution in [1.29, 1.82) is 0 Å². The largest absolute Gasteiger partial charge is 0.454 e. The lowest BCUT2D eigenvalue weighted by Gasteiger charge is -2.41. The zero-order valence-corrected chi connectivity index (χ0v) is 44.4. The highest BCUT2D eigenvalue weighted by molar-refractivity contribution is 5.80. The van der Waals surface area contributed by atoms with E-state index in [9.17, 15) is 35.1 Å². The van der Waals surface area contributed by atoms with Crippen molar-refractivity contribution < 1.29 is 49.3 Å². The molecular formula is C58H107NO10. The first-order valence-electron chi connectivity index (χ1n) is 28.8. The molecule has 11 heteroatoms. The van der Waals surface area contributed by atoms with E-state index in [0.717, 1.165) is 77.0 Å². The van der Waals surface area contributed by atoms with Crippen molar-refractivity contribution in [2.45, 2.75) is 307 Å². The van der Waals surface area contributed by atoms with Gasteiger partial charge < -0.3 is 45.1 Å². The van der Waals surface area contributed by atoms with Gasteiger partial charge in [-0.05, 0) is 77.0 Å². The minimum Gasteiger partial charge on any atom is -0.454 e. The van der Waals surface area contributed by atoms with Gasteiger partial charge in [-0.3, -0.25) is 9.59 Å². The molecule has 6 N–H and O–H groups in total. The zero-order valence-electron chi connectivity index (χ0n) is 44.4. The number of esters is 1. The number of hydrogen-bond acceptors (Lipinski definition) is 10. The van der Waals surface area contributed by atoms with E-state index >= 15 is 0 Å². The predicted molar refractivity (Wildman–Crippen MR) is 283 cm³/mol. The first-order valence-corrected chi connectivity index (χ1v) is 28.8. The van der Waals surface area contributed by atoms with E-state index < -0.39 is 67.4 Å². The summed E-state index contributed by atoms with van der Waals surface area (Å²) in [6.07, 6.45) is 43.3. The molecule has 69 heavy (non-hydrogen) atoms. The van der Waals surface area contributed by atoms with E-state index in [4.69, 9.17) is 14.2 Å². The highest BCUT2D eigenvalue weighted by Crippen LogP contribution is 2.26. The summed E-state index contributed by atoms with van der Waals surface area (Å²) in [5, 5.41) is 56.8. The number of aliphatic hydroxyl groups excluding tert-OH is 5. The lowest BCUT2D eigenvalue weighted by molar-refractivity contribution is -0.305. The van der Waals surface area contributed by atoms with Gasteiger partial charge in [0.1, 0.15) is 24.4 Å². The Morgan fingerprint density at radius 2 is 0.957 bits per heavy atom. The van der Waals surface area contributed by atoms with Crippen molar-refractivity contribution in [1.82, 2.24) is 5.32 Å². The Kier molecular flexibility index (Phi) is 44.1. The highest BCUT2D eigenvalue weighted by Gasteiger charge is 2.47. The molecule has 1 saturated heterocycles. The third-order valence-corrected chi connectivity index (χ3v) is 13.5. The summed E-state index contributed by atoms with van der Waals surface area (Å²) in [7, 11) is 0. The van der Waals surface area contributed by atoms with E-state index in [1.807, 2.05) is 6.08 Å². The second kappa shape index (κ2) is 46.9. The van der Waals surface area contributed by atoms with Gasteiger partial charge in [0, 0.05) is 6.42 Å². The van der Waals surface area contributed by atoms with Crippen molar-refractivity contribution in [2.24, 2.45) is 0 Å². The summed E-state index contributed by atoms with van der Waals surface area (Å²) >= 11 is 0. The fraction of sp³-hybridized carbons (Fsp3) is 0.862. The Hall–Kier alpha value is -2.12. The van der Waals surface area contributed by atoms with Crippen LogP contribution in [0.25, 0.3) is 0 Å². The van der Waals surface area contributed by atoms with Crippen molar-refractivity contribution >= 4 is 11.9 Å². The van der Waals surface area contributed by atoms with Crippen LogP contribution in [0.1, 0.15) is 258 Å². The molecule has 1 fully saturated rings. The Morgan fingerprint density at radius 1 is 0.551 bits per heavy atom. The lowest BCUT2D eigenvalue weighted by atomic mass is 9.99. The molecule has 1 aliphatic rings. The topological polar surface area (TPSA) is 175 Å². The molecule has 0 aliphatic carbocycles. The fourth-order valence-corrected chi connectivity index (χ4v) is 8.88. The Labute approximate surface area is 422 Å². The van der Waals surface area contributed by atoms with Crippen LogP contribution in [0.2, 0.25) is 0 Å². The van der Waals surface area contributed by atoms with E-state index in [2.05, 4.69) is 50.4 Å².